The van der Waals surface area contributed by atoms with Gasteiger partial charge in [-0.15, -0.1) is 0 Å². The van der Waals surface area contributed by atoms with Crippen LogP contribution in [0.15, 0.2) is 0 Å². The molecule has 0 aliphatic rings. The fourth-order valence-corrected chi connectivity index (χ4v) is 1.52. The number of aliphatic hydroxyl groups is 2. The second kappa shape index (κ2) is 10.9. The first-order chi connectivity index (χ1) is 7.70. The van der Waals surface area contributed by atoms with Crippen molar-refractivity contribution in [2.24, 2.45) is 0 Å². The first-order valence-electron chi connectivity index (χ1n) is 6.29. The van der Waals surface area contributed by atoms with Crippen molar-refractivity contribution in [2.45, 2.75) is 64.5 Å². The molecule has 16 heavy (non-hydrogen) atoms. The number of carbonyl (C=O) groups is 1. The lowest BCUT2D eigenvalue weighted by Crippen LogP contribution is -2.35. The monoisotopic (exact) mass is 231 g/mol. The van der Waals surface area contributed by atoms with Crippen LogP contribution in [-0.2, 0) is 4.79 Å². The van der Waals surface area contributed by atoms with Gasteiger partial charge in [-0.2, -0.15) is 0 Å². The van der Waals surface area contributed by atoms with Crippen molar-refractivity contribution in [3.8, 4) is 0 Å². The molecule has 0 aromatic heterocycles. The van der Waals surface area contributed by atoms with Crippen molar-refractivity contribution < 1.29 is 15.0 Å². The van der Waals surface area contributed by atoms with E-state index in [0.29, 0.717) is 6.42 Å². The highest BCUT2D eigenvalue weighted by Gasteiger charge is 2.07. The van der Waals surface area contributed by atoms with Crippen LogP contribution in [0.5, 0.6) is 0 Å². The summed E-state index contributed by atoms with van der Waals surface area (Å²) < 4.78 is 0. The van der Waals surface area contributed by atoms with Gasteiger partial charge >= 0.3 is 0 Å². The molecule has 0 fully saturated rings. The minimum Gasteiger partial charge on any atom is -0.396 e. The summed E-state index contributed by atoms with van der Waals surface area (Å²) in [5.41, 5.74) is 0. The zero-order valence-electron chi connectivity index (χ0n) is 10.2. The Kier molecular flexibility index (Phi) is 10.5. The number of hydrogen-bond donors (Lipinski definition) is 3. The topological polar surface area (TPSA) is 69.6 Å². The molecule has 1 amide bonds. The molecule has 1 atom stereocenters. The fourth-order valence-electron chi connectivity index (χ4n) is 1.52. The number of carbonyl (C=O) groups excluding carboxylic acids is 1. The van der Waals surface area contributed by atoms with Gasteiger partial charge in [-0.25, -0.2) is 0 Å². The SMILES string of the molecule is CCCCCCCCC(=O)NC(O)CCO. The highest BCUT2D eigenvalue weighted by Crippen LogP contribution is 2.06. The van der Waals surface area contributed by atoms with E-state index in [1.807, 2.05) is 0 Å². The predicted octanol–water partition coefficient (Wildman–Crippen LogP) is 1.55. The van der Waals surface area contributed by atoms with E-state index in [4.69, 9.17) is 5.11 Å². The van der Waals surface area contributed by atoms with Gasteiger partial charge in [0.15, 0.2) is 0 Å². The molecule has 96 valence electrons. The van der Waals surface area contributed by atoms with Gasteiger partial charge in [-0.05, 0) is 6.42 Å². The van der Waals surface area contributed by atoms with Gasteiger partial charge in [0.25, 0.3) is 0 Å². The summed E-state index contributed by atoms with van der Waals surface area (Å²) in [5, 5.41) is 20.2. The summed E-state index contributed by atoms with van der Waals surface area (Å²) in [7, 11) is 0. The highest BCUT2D eigenvalue weighted by molar-refractivity contribution is 5.75. The van der Waals surface area contributed by atoms with Crippen LogP contribution in [-0.4, -0.2) is 29.0 Å². The van der Waals surface area contributed by atoms with Crippen LogP contribution in [0.3, 0.4) is 0 Å². The number of nitrogens with one attached hydrogen (secondary N) is 1. The van der Waals surface area contributed by atoms with Crippen LogP contribution in [0.25, 0.3) is 0 Å². The van der Waals surface area contributed by atoms with Crippen LogP contribution < -0.4 is 5.32 Å². The van der Waals surface area contributed by atoms with Crippen molar-refractivity contribution in [3.05, 3.63) is 0 Å². The standard InChI is InChI=1S/C12H25NO3/c1-2-3-4-5-6-7-8-11(15)13-12(16)9-10-14/h12,14,16H,2-10H2,1H3,(H,13,15). The molecule has 1 unspecified atom stereocenters. The average molecular weight is 231 g/mol. The number of rotatable bonds is 10. The van der Waals surface area contributed by atoms with Crippen molar-refractivity contribution >= 4 is 5.91 Å². The molecular formula is C12H25NO3. The summed E-state index contributed by atoms with van der Waals surface area (Å²) in [6.07, 6.45) is 6.63. The minimum absolute atomic E-state index is 0.113. The van der Waals surface area contributed by atoms with Gasteiger partial charge < -0.3 is 15.5 Å². The zero-order chi connectivity index (χ0) is 12.2. The second-order valence-corrected chi connectivity index (χ2v) is 4.11. The van der Waals surface area contributed by atoms with E-state index < -0.39 is 6.23 Å². The Labute approximate surface area is 98.1 Å². The molecule has 0 saturated carbocycles. The van der Waals surface area contributed by atoms with Crippen molar-refractivity contribution in [1.82, 2.24) is 5.32 Å². The molecule has 0 heterocycles. The molecule has 0 rings (SSSR count). The molecular weight excluding hydrogens is 206 g/mol. The Hall–Kier alpha value is -0.610. The number of hydrogen-bond acceptors (Lipinski definition) is 3. The van der Waals surface area contributed by atoms with E-state index in [1.54, 1.807) is 0 Å². The third kappa shape index (κ3) is 9.93. The number of unbranched alkanes of at least 4 members (excludes halogenated alkanes) is 5. The molecule has 0 aromatic rings. The smallest absolute Gasteiger partial charge is 0.221 e. The lowest BCUT2D eigenvalue weighted by Gasteiger charge is -2.11. The van der Waals surface area contributed by atoms with Gasteiger partial charge in [0.05, 0.1) is 0 Å². The maximum atomic E-state index is 11.3. The third-order valence-corrected chi connectivity index (χ3v) is 2.49. The molecule has 0 saturated heterocycles. The van der Waals surface area contributed by atoms with E-state index in [-0.39, 0.29) is 18.9 Å². The molecule has 4 heteroatoms. The van der Waals surface area contributed by atoms with E-state index in [2.05, 4.69) is 12.2 Å². The summed E-state index contributed by atoms with van der Waals surface area (Å²) >= 11 is 0. The lowest BCUT2D eigenvalue weighted by atomic mass is 10.1. The fraction of sp³-hybridized carbons (Fsp3) is 0.917. The van der Waals surface area contributed by atoms with E-state index in [1.165, 1.54) is 25.7 Å². The van der Waals surface area contributed by atoms with Crippen LogP contribution >= 0.6 is 0 Å². The Morgan fingerprint density at radius 1 is 1.19 bits per heavy atom. The summed E-state index contributed by atoms with van der Waals surface area (Å²) in [4.78, 5) is 11.3. The Morgan fingerprint density at radius 2 is 1.81 bits per heavy atom. The second-order valence-electron chi connectivity index (χ2n) is 4.11. The summed E-state index contributed by atoms with van der Waals surface area (Å²) in [5.74, 6) is -0.128. The largest absolute Gasteiger partial charge is 0.396 e. The van der Waals surface area contributed by atoms with Crippen molar-refractivity contribution in [2.75, 3.05) is 6.61 Å². The first kappa shape index (κ1) is 15.4. The highest BCUT2D eigenvalue weighted by atomic mass is 16.3. The van der Waals surface area contributed by atoms with E-state index >= 15 is 0 Å². The lowest BCUT2D eigenvalue weighted by molar-refractivity contribution is -0.124. The van der Waals surface area contributed by atoms with Crippen molar-refractivity contribution in [1.29, 1.82) is 0 Å². The molecule has 0 spiro atoms. The Morgan fingerprint density at radius 3 is 2.44 bits per heavy atom. The quantitative estimate of drug-likeness (QED) is 0.395. The van der Waals surface area contributed by atoms with Gasteiger partial charge in [-0.3, -0.25) is 4.79 Å². The van der Waals surface area contributed by atoms with Crippen LogP contribution in [0.1, 0.15) is 58.3 Å². The van der Waals surface area contributed by atoms with Gasteiger partial charge in [0.1, 0.15) is 6.23 Å². The molecule has 4 nitrogen and oxygen atoms in total. The minimum atomic E-state index is -0.905. The molecule has 0 aliphatic carbocycles. The molecule has 0 radical (unpaired) electrons. The molecule has 0 aromatic carbocycles. The zero-order valence-corrected chi connectivity index (χ0v) is 10.2. The van der Waals surface area contributed by atoms with E-state index in [0.717, 1.165) is 12.8 Å². The molecule has 0 aliphatic heterocycles. The summed E-state index contributed by atoms with van der Waals surface area (Å²) in [6, 6.07) is 0. The Balaban J connectivity index is 3.30. The Bertz CT molecular complexity index is 174. The van der Waals surface area contributed by atoms with Crippen LogP contribution in [0, 0.1) is 0 Å². The third-order valence-electron chi connectivity index (χ3n) is 2.49. The maximum absolute atomic E-state index is 11.3. The predicted molar refractivity (Wildman–Crippen MR) is 63.8 cm³/mol. The molecule has 0 bridgehead atoms. The van der Waals surface area contributed by atoms with Gasteiger partial charge in [0, 0.05) is 19.4 Å². The average Bonchev–Trinajstić information content (AvgIpc) is 2.23. The normalized spacial score (nSPS) is 12.4. The van der Waals surface area contributed by atoms with Crippen LogP contribution in [0.2, 0.25) is 0 Å². The first-order valence-corrected chi connectivity index (χ1v) is 6.29. The van der Waals surface area contributed by atoms with Crippen molar-refractivity contribution in [3.63, 3.8) is 0 Å². The van der Waals surface area contributed by atoms with Crippen LogP contribution in [0.4, 0.5) is 0 Å². The van der Waals surface area contributed by atoms with Gasteiger partial charge in [0.2, 0.25) is 5.91 Å². The number of amides is 1. The summed E-state index contributed by atoms with van der Waals surface area (Å²) in [6.45, 7) is 2.06. The maximum Gasteiger partial charge on any atom is 0.221 e. The van der Waals surface area contributed by atoms with Gasteiger partial charge in [-0.1, -0.05) is 39.0 Å². The van der Waals surface area contributed by atoms with E-state index in [9.17, 15) is 9.90 Å². The molecule has 3 N–H and O–H groups in total. The number of aliphatic hydroxyl groups excluding tert-OH is 2.